The molecule has 0 spiro atoms. The van der Waals surface area contributed by atoms with Crippen LogP contribution in [0.2, 0.25) is 0 Å². The summed E-state index contributed by atoms with van der Waals surface area (Å²) in [6.45, 7) is 2.54. The summed E-state index contributed by atoms with van der Waals surface area (Å²) in [4.78, 5) is 23.4. The molecule has 0 saturated carbocycles. The predicted molar refractivity (Wildman–Crippen MR) is 75.8 cm³/mol. The summed E-state index contributed by atoms with van der Waals surface area (Å²) < 4.78 is 5.59. The van der Waals surface area contributed by atoms with E-state index in [1.165, 1.54) is 18.2 Å². The zero-order chi connectivity index (χ0) is 15.4. The van der Waals surface area contributed by atoms with Gasteiger partial charge in [-0.1, -0.05) is 0 Å². The highest BCUT2D eigenvalue weighted by atomic mass is 16.6. The summed E-state index contributed by atoms with van der Waals surface area (Å²) in [6, 6.07) is 3.86. The molecular formula is C14H18N2O5. The number of hydrogen-bond donors (Lipinski definition) is 1. The number of carbonyl (C=O) groups is 1. The van der Waals surface area contributed by atoms with E-state index < -0.39 is 16.6 Å². The first-order chi connectivity index (χ1) is 9.97. The Morgan fingerprint density at radius 1 is 1.48 bits per heavy atom. The van der Waals surface area contributed by atoms with Gasteiger partial charge in [0.1, 0.15) is 11.3 Å². The lowest BCUT2D eigenvalue weighted by molar-refractivity contribution is -0.385. The number of piperidine rings is 1. The minimum Gasteiger partial charge on any atom is -0.493 e. The van der Waals surface area contributed by atoms with Crippen molar-refractivity contribution in [3.05, 3.63) is 33.9 Å². The van der Waals surface area contributed by atoms with E-state index in [1.54, 1.807) is 0 Å². The number of nitro benzene ring substituents is 1. The van der Waals surface area contributed by atoms with E-state index in [0.717, 1.165) is 25.9 Å². The molecule has 7 nitrogen and oxygen atoms in total. The predicted octanol–water partition coefficient (Wildman–Crippen LogP) is 2.01. The number of carboxylic acids is 1. The minimum absolute atomic E-state index is 0.327. The van der Waals surface area contributed by atoms with Gasteiger partial charge < -0.3 is 14.7 Å². The molecule has 0 radical (unpaired) electrons. The molecule has 1 aliphatic rings. The van der Waals surface area contributed by atoms with E-state index in [9.17, 15) is 14.9 Å². The molecule has 2 rings (SSSR count). The maximum absolute atomic E-state index is 10.9. The number of hydrogen-bond acceptors (Lipinski definition) is 5. The molecule has 114 valence electrons. The topological polar surface area (TPSA) is 92.9 Å². The summed E-state index contributed by atoms with van der Waals surface area (Å²) in [5.74, 6) is -0.548. The van der Waals surface area contributed by atoms with E-state index in [-0.39, 0.29) is 5.56 Å². The molecule has 1 N–H and O–H groups in total. The molecule has 0 aliphatic carbocycles. The van der Waals surface area contributed by atoms with Gasteiger partial charge in [0, 0.05) is 0 Å². The molecule has 1 aromatic rings. The molecule has 0 amide bonds. The molecule has 1 fully saturated rings. The normalized spacial score (nSPS) is 16.6. The third-order valence-electron chi connectivity index (χ3n) is 3.72. The van der Waals surface area contributed by atoms with Gasteiger partial charge in [-0.2, -0.15) is 0 Å². The Morgan fingerprint density at radius 3 is 2.71 bits per heavy atom. The van der Waals surface area contributed by atoms with Crippen LogP contribution < -0.4 is 4.74 Å². The fourth-order valence-electron chi connectivity index (χ4n) is 2.38. The van der Waals surface area contributed by atoms with Gasteiger partial charge in [0.15, 0.2) is 0 Å². The van der Waals surface area contributed by atoms with Gasteiger partial charge in [-0.15, -0.1) is 0 Å². The Balaban J connectivity index is 2.02. The zero-order valence-electron chi connectivity index (χ0n) is 11.8. The summed E-state index contributed by atoms with van der Waals surface area (Å²) in [5.41, 5.74) is -0.769. The van der Waals surface area contributed by atoms with Gasteiger partial charge >= 0.3 is 5.97 Å². The summed E-state index contributed by atoms with van der Waals surface area (Å²) in [6.07, 6.45) is 2.07. The van der Waals surface area contributed by atoms with Crippen molar-refractivity contribution in [2.24, 2.45) is 5.92 Å². The van der Waals surface area contributed by atoms with Crippen LogP contribution in [0.3, 0.4) is 0 Å². The van der Waals surface area contributed by atoms with Gasteiger partial charge in [-0.05, 0) is 51.0 Å². The lowest BCUT2D eigenvalue weighted by atomic mass is 9.98. The zero-order valence-corrected chi connectivity index (χ0v) is 11.8. The second-order valence-electron chi connectivity index (χ2n) is 5.30. The lowest BCUT2D eigenvalue weighted by Crippen LogP contribution is -2.32. The molecule has 1 aliphatic heterocycles. The standard InChI is InChI=1S/C14H18N2O5/c1-15-6-4-10(5-7-15)9-21-11-2-3-12(14(17)18)13(8-11)16(19)20/h2-3,8,10H,4-7,9H2,1H3,(H,17,18). The van der Waals surface area contributed by atoms with E-state index in [2.05, 4.69) is 11.9 Å². The first-order valence-electron chi connectivity index (χ1n) is 6.80. The number of benzene rings is 1. The van der Waals surface area contributed by atoms with Gasteiger partial charge in [-0.25, -0.2) is 4.79 Å². The van der Waals surface area contributed by atoms with Gasteiger partial charge in [0.2, 0.25) is 0 Å². The molecule has 21 heavy (non-hydrogen) atoms. The number of nitro groups is 1. The van der Waals surface area contributed by atoms with Crippen molar-refractivity contribution in [1.82, 2.24) is 4.90 Å². The SMILES string of the molecule is CN1CCC(COc2ccc(C(=O)O)c([N+](=O)[O-])c2)CC1. The molecule has 0 atom stereocenters. The quantitative estimate of drug-likeness (QED) is 0.659. The Bertz CT molecular complexity index is 538. The highest BCUT2D eigenvalue weighted by Crippen LogP contribution is 2.26. The smallest absolute Gasteiger partial charge is 0.342 e. The first-order valence-corrected chi connectivity index (χ1v) is 6.80. The summed E-state index contributed by atoms with van der Waals surface area (Å²) >= 11 is 0. The average Bonchev–Trinajstić information content (AvgIpc) is 2.46. The van der Waals surface area contributed by atoms with Crippen LogP contribution in [0.1, 0.15) is 23.2 Å². The summed E-state index contributed by atoms with van der Waals surface area (Å²) in [7, 11) is 2.07. The van der Waals surface area contributed by atoms with Crippen molar-refractivity contribution in [2.45, 2.75) is 12.8 Å². The Labute approximate surface area is 122 Å². The number of ether oxygens (including phenoxy) is 1. The molecule has 0 aromatic heterocycles. The number of nitrogens with zero attached hydrogens (tertiary/aromatic N) is 2. The maximum Gasteiger partial charge on any atom is 0.342 e. The molecule has 1 saturated heterocycles. The van der Waals surface area contributed by atoms with Gasteiger partial charge in [0.25, 0.3) is 5.69 Å². The van der Waals surface area contributed by atoms with Crippen LogP contribution in [0.15, 0.2) is 18.2 Å². The van der Waals surface area contributed by atoms with Crippen LogP contribution >= 0.6 is 0 Å². The van der Waals surface area contributed by atoms with Crippen LogP contribution in [0, 0.1) is 16.0 Å². The molecule has 1 aromatic carbocycles. The van der Waals surface area contributed by atoms with Crippen molar-refractivity contribution in [3.63, 3.8) is 0 Å². The van der Waals surface area contributed by atoms with E-state index in [1.807, 2.05) is 0 Å². The largest absolute Gasteiger partial charge is 0.493 e. The van der Waals surface area contributed by atoms with E-state index >= 15 is 0 Å². The van der Waals surface area contributed by atoms with Crippen LogP contribution in [-0.4, -0.2) is 47.6 Å². The Hall–Kier alpha value is -2.15. The number of likely N-dealkylation sites (tertiary alicyclic amines) is 1. The van der Waals surface area contributed by atoms with Crippen LogP contribution in [0.4, 0.5) is 5.69 Å². The van der Waals surface area contributed by atoms with Crippen molar-refractivity contribution in [2.75, 3.05) is 26.7 Å². The van der Waals surface area contributed by atoms with Crippen LogP contribution in [-0.2, 0) is 0 Å². The third kappa shape index (κ3) is 3.91. The Kier molecular flexibility index (Phi) is 4.74. The number of aromatic carboxylic acids is 1. The monoisotopic (exact) mass is 294 g/mol. The number of carboxylic acid groups (broad SMARTS) is 1. The molecule has 0 unspecified atom stereocenters. The molecule has 1 heterocycles. The number of rotatable bonds is 5. The maximum atomic E-state index is 10.9. The van der Waals surface area contributed by atoms with Crippen molar-refractivity contribution < 1.29 is 19.6 Å². The van der Waals surface area contributed by atoms with E-state index in [0.29, 0.717) is 18.3 Å². The second-order valence-corrected chi connectivity index (χ2v) is 5.30. The van der Waals surface area contributed by atoms with E-state index in [4.69, 9.17) is 9.84 Å². The molecule has 0 bridgehead atoms. The second kappa shape index (κ2) is 6.53. The highest BCUT2D eigenvalue weighted by molar-refractivity contribution is 5.92. The molecular weight excluding hydrogens is 276 g/mol. The van der Waals surface area contributed by atoms with Crippen molar-refractivity contribution >= 4 is 11.7 Å². The Morgan fingerprint density at radius 2 is 2.14 bits per heavy atom. The van der Waals surface area contributed by atoms with Crippen molar-refractivity contribution in [1.29, 1.82) is 0 Å². The third-order valence-corrected chi connectivity index (χ3v) is 3.72. The molecule has 7 heteroatoms. The van der Waals surface area contributed by atoms with Crippen LogP contribution in [0.5, 0.6) is 5.75 Å². The minimum atomic E-state index is -1.32. The fourth-order valence-corrected chi connectivity index (χ4v) is 2.38. The van der Waals surface area contributed by atoms with Gasteiger partial charge in [-0.3, -0.25) is 10.1 Å². The summed E-state index contributed by atoms with van der Waals surface area (Å²) in [5, 5.41) is 19.8. The van der Waals surface area contributed by atoms with Crippen molar-refractivity contribution in [3.8, 4) is 5.75 Å². The van der Waals surface area contributed by atoms with Gasteiger partial charge in [0.05, 0.1) is 17.6 Å². The lowest BCUT2D eigenvalue weighted by Gasteiger charge is -2.28. The highest BCUT2D eigenvalue weighted by Gasteiger charge is 2.21. The van der Waals surface area contributed by atoms with Crippen LogP contribution in [0.25, 0.3) is 0 Å². The average molecular weight is 294 g/mol. The first kappa shape index (κ1) is 15.2. The fraction of sp³-hybridized carbons (Fsp3) is 0.500.